The Morgan fingerprint density at radius 1 is 1.29 bits per heavy atom. The Morgan fingerprint density at radius 2 is 2.04 bits per heavy atom. The smallest absolute Gasteiger partial charge is 0.266 e. The van der Waals surface area contributed by atoms with Crippen LogP contribution < -0.4 is 5.32 Å². The number of hydrogen-bond acceptors (Lipinski definition) is 3. The number of amides is 1. The molecular weight excluding hydrogens is 342 g/mol. The van der Waals surface area contributed by atoms with Crippen molar-refractivity contribution in [3.05, 3.63) is 68.5 Å². The predicted octanol–water partition coefficient (Wildman–Crippen LogP) is 4.77. The van der Waals surface area contributed by atoms with Gasteiger partial charge >= 0.3 is 0 Å². The van der Waals surface area contributed by atoms with Crippen molar-refractivity contribution in [2.45, 2.75) is 26.8 Å². The molecule has 4 nitrogen and oxygen atoms in total. The van der Waals surface area contributed by atoms with E-state index in [1.165, 1.54) is 21.8 Å². The summed E-state index contributed by atoms with van der Waals surface area (Å²) in [6.07, 6.45) is 2.62. The summed E-state index contributed by atoms with van der Waals surface area (Å²) in [6, 6.07) is 11.4. The first-order valence-corrected chi connectivity index (χ1v) is 8.93. The van der Waals surface area contributed by atoms with Crippen LogP contribution in [0.4, 0.5) is 5.82 Å². The number of thiophene rings is 1. The molecule has 0 radical (unpaired) electrons. The van der Waals surface area contributed by atoms with E-state index in [-0.39, 0.29) is 5.91 Å². The molecule has 3 rings (SSSR count). The molecule has 1 aromatic carbocycles. The lowest BCUT2D eigenvalue weighted by Gasteiger charge is -2.08. The minimum absolute atomic E-state index is 0.0966. The van der Waals surface area contributed by atoms with Gasteiger partial charge in [0.1, 0.15) is 5.82 Å². The van der Waals surface area contributed by atoms with Crippen molar-refractivity contribution < 1.29 is 4.79 Å². The molecule has 0 atom stereocenters. The number of nitrogens with one attached hydrogen (secondary N) is 1. The van der Waals surface area contributed by atoms with Gasteiger partial charge in [-0.1, -0.05) is 30.7 Å². The van der Waals surface area contributed by atoms with Gasteiger partial charge in [-0.05, 0) is 42.7 Å². The summed E-state index contributed by atoms with van der Waals surface area (Å²) in [5, 5.41) is 7.94. The number of aryl methyl sites for hydroxylation is 2. The van der Waals surface area contributed by atoms with Crippen molar-refractivity contribution in [1.82, 2.24) is 9.78 Å². The van der Waals surface area contributed by atoms with Crippen LogP contribution in [0.3, 0.4) is 0 Å². The van der Waals surface area contributed by atoms with Gasteiger partial charge in [0, 0.05) is 16.0 Å². The Balaban J connectivity index is 1.75. The highest BCUT2D eigenvalue weighted by atomic mass is 35.5. The molecule has 1 amide bonds. The summed E-state index contributed by atoms with van der Waals surface area (Å²) in [7, 11) is 0. The Labute approximate surface area is 150 Å². The first-order chi connectivity index (χ1) is 11.6. The van der Waals surface area contributed by atoms with Crippen molar-refractivity contribution in [3.63, 3.8) is 0 Å². The van der Waals surface area contributed by atoms with Crippen LogP contribution in [-0.4, -0.2) is 15.7 Å². The number of nitrogens with zero attached hydrogens (tertiary/aromatic N) is 2. The first kappa shape index (κ1) is 16.7. The summed E-state index contributed by atoms with van der Waals surface area (Å²) in [6.45, 7) is 4.71. The maximum atomic E-state index is 12.5. The van der Waals surface area contributed by atoms with Crippen LogP contribution in [0.25, 0.3) is 0 Å². The molecule has 6 heteroatoms. The van der Waals surface area contributed by atoms with Crippen molar-refractivity contribution >= 4 is 34.7 Å². The zero-order valence-corrected chi connectivity index (χ0v) is 15.1. The highest BCUT2D eigenvalue weighted by molar-refractivity contribution is 7.14. The van der Waals surface area contributed by atoms with Gasteiger partial charge in [-0.25, -0.2) is 4.68 Å². The molecule has 0 saturated carbocycles. The molecular formula is C18H18ClN3OS. The molecule has 0 fully saturated rings. The molecule has 0 aliphatic rings. The van der Waals surface area contributed by atoms with E-state index in [0.29, 0.717) is 17.4 Å². The van der Waals surface area contributed by atoms with Gasteiger partial charge in [-0.2, -0.15) is 5.10 Å². The van der Waals surface area contributed by atoms with E-state index in [1.54, 1.807) is 16.9 Å². The summed E-state index contributed by atoms with van der Waals surface area (Å²) < 4.78 is 1.77. The zero-order chi connectivity index (χ0) is 17.1. The number of hydrogen-bond donors (Lipinski definition) is 1. The number of benzene rings is 1. The highest BCUT2D eigenvalue weighted by Gasteiger charge is 2.14. The predicted molar refractivity (Wildman–Crippen MR) is 99.2 cm³/mol. The van der Waals surface area contributed by atoms with E-state index in [9.17, 15) is 4.79 Å². The van der Waals surface area contributed by atoms with E-state index in [4.69, 9.17) is 11.6 Å². The third-order valence-corrected chi connectivity index (χ3v) is 5.17. The standard InChI is InChI=1S/C18H18ClN3OS/c1-3-14-10-16(24-12(14)2)18(23)21-17-8-9-20-22(17)11-13-4-6-15(19)7-5-13/h4-10H,3,11H2,1-2H3,(H,21,23). The van der Waals surface area contributed by atoms with Crippen molar-refractivity contribution in [3.8, 4) is 0 Å². The first-order valence-electron chi connectivity index (χ1n) is 7.73. The second kappa shape index (κ2) is 7.20. The maximum Gasteiger partial charge on any atom is 0.266 e. The van der Waals surface area contributed by atoms with Crippen molar-refractivity contribution in [1.29, 1.82) is 0 Å². The third-order valence-electron chi connectivity index (χ3n) is 3.83. The molecule has 0 unspecified atom stereocenters. The molecule has 0 aliphatic heterocycles. The van der Waals surface area contributed by atoms with Crippen LogP contribution >= 0.6 is 22.9 Å². The SMILES string of the molecule is CCc1cc(C(=O)Nc2ccnn2Cc2ccc(Cl)cc2)sc1C. The van der Waals surface area contributed by atoms with Crippen LogP contribution in [0.2, 0.25) is 5.02 Å². The van der Waals surface area contributed by atoms with Crippen LogP contribution in [0, 0.1) is 6.92 Å². The Kier molecular flexibility index (Phi) is 5.02. The summed E-state index contributed by atoms with van der Waals surface area (Å²) in [5.74, 6) is 0.583. The minimum Gasteiger partial charge on any atom is -0.306 e. The lowest BCUT2D eigenvalue weighted by Crippen LogP contribution is -2.15. The zero-order valence-electron chi connectivity index (χ0n) is 13.5. The molecule has 0 aliphatic carbocycles. The normalized spacial score (nSPS) is 10.8. The van der Waals surface area contributed by atoms with E-state index < -0.39 is 0 Å². The van der Waals surface area contributed by atoms with E-state index in [1.807, 2.05) is 37.3 Å². The summed E-state index contributed by atoms with van der Waals surface area (Å²) in [4.78, 5) is 14.4. The number of aromatic nitrogens is 2. The molecule has 1 N–H and O–H groups in total. The Bertz CT molecular complexity index is 852. The van der Waals surface area contributed by atoms with Gasteiger partial charge in [-0.3, -0.25) is 4.79 Å². The molecule has 2 heterocycles. The van der Waals surface area contributed by atoms with Crippen LogP contribution in [-0.2, 0) is 13.0 Å². The summed E-state index contributed by atoms with van der Waals surface area (Å²) in [5.41, 5.74) is 2.29. The van der Waals surface area contributed by atoms with Crippen molar-refractivity contribution in [2.75, 3.05) is 5.32 Å². The topological polar surface area (TPSA) is 46.9 Å². The Hall–Kier alpha value is -2.11. The van der Waals surface area contributed by atoms with Gasteiger partial charge in [0.2, 0.25) is 0 Å². The second-order valence-corrected chi connectivity index (χ2v) is 7.19. The molecule has 3 aromatic rings. The molecule has 2 aromatic heterocycles. The number of rotatable bonds is 5. The second-order valence-electron chi connectivity index (χ2n) is 5.50. The lowest BCUT2D eigenvalue weighted by atomic mass is 10.2. The lowest BCUT2D eigenvalue weighted by molar-refractivity contribution is 0.102. The van der Waals surface area contributed by atoms with Gasteiger partial charge in [0.25, 0.3) is 5.91 Å². The molecule has 24 heavy (non-hydrogen) atoms. The molecule has 0 spiro atoms. The molecule has 124 valence electrons. The number of anilines is 1. The van der Waals surface area contributed by atoms with Gasteiger partial charge in [0.05, 0.1) is 17.6 Å². The molecule has 0 bridgehead atoms. The quantitative estimate of drug-likeness (QED) is 0.713. The maximum absolute atomic E-state index is 12.5. The monoisotopic (exact) mass is 359 g/mol. The van der Waals surface area contributed by atoms with Crippen molar-refractivity contribution in [2.24, 2.45) is 0 Å². The van der Waals surface area contributed by atoms with Gasteiger partial charge in [-0.15, -0.1) is 11.3 Å². The fourth-order valence-electron chi connectivity index (χ4n) is 2.49. The van der Waals surface area contributed by atoms with Crippen LogP contribution in [0.1, 0.15) is 32.6 Å². The molecule has 0 saturated heterocycles. The summed E-state index contributed by atoms with van der Waals surface area (Å²) >= 11 is 7.43. The van der Waals surface area contributed by atoms with Crippen LogP contribution in [0.5, 0.6) is 0 Å². The average molecular weight is 360 g/mol. The Morgan fingerprint density at radius 3 is 2.71 bits per heavy atom. The minimum atomic E-state index is -0.0966. The number of halogens is 1. The largest absolute Gasteiger partial charge is 0.306 e. The number of carbonyl (C=O) groups excluding carboxylic acids is 1. The van der Waals surface area contributed by atoms with Gasteiger partial charge < -0.3 is 5.32 Å². The van der Waals surface area contributed by atoms with E-state index >= 15 is 0 Å². The van der Waals surface area contributed by atoms with E-state index in [2.05, 4.69) is 17.3 Å². The van der Waals surface area contributed by atoms with Crippen LogP contribution in [0.15, 0.2) is 42.6 Å². The highest BCUT2D eigenvalue weighted by Crippen LogP contribution is 2.23. The average Bonchev–Trinajstić information content (AvgIpc) is 3.16. The fraction of sp³-hybridized carbons (Fsp3) is 0.222. The number of carbonyl (C=O) groups is 1. The third kappa shape index (κ3) is 3.68. The van der Waals surface area contributed by atoms with E-state index in [0.717, 1.165) is 16.9 Å². The fourth-order valence-corrected chi connectivity index (χ4v) is 3.62. The van der Waals surface area contributed by atoms with Gasteiger partial charge in [0.15, 0.2) is 0 Å².